The Bertz CT molecular complexity index is 2040. The minimum atomic E-state index is -0.294. The standard InChI is InChI=1S/C36H38FN9O/c1-46(2)13-12-40-26-16-23(15-25(37)18-26)28-4-3-5-31-29(28)19-33(42-31)36-35-32(44-45-36)7-6-30(43-35)24-17-27(21-39-20-24)41-34(47)14-22-8-10-38-11-9-22/h3-7,15-22,38,40,42H,8-14H2,1-2H3,(H,41,47)(H,44,45). The van der Waals surface area contributed by atoms with Gasteiger partial charge in [0.15, 0.2) is 0 Å². The van der Waals surface area contributed by atoms with Crippen molar-refractivity contribution in [2.75, 3.05) is 50.9 Å². The van der Waals surface area contributed by atoms with E-state index in [1.165, 1.54) is 6.07 Å². The Morgan fingerprint density at radius 2 is 1.83 bits per heavy atom. The Morgan fingerprint density at radius 3 is 2.68 bits per heavy atom. The molecule has 0 bridgehead atoms. The maximum absolute atomic E-state index is 14.8. The molecule has 6 aromatic rings. The number of likely N-dealkylation sites (N-methyl/N-ethyl adjacent to an activating group) is 1. The number of H-pyrrole nitrogens is 2. The van der Waals surface area contributed by atoms with Gasteiger partial charge in [0.05, 0.1) is 28.8 Å². The Hall–Kier alpha value is -5.13. The molecule has 0 spiro atoms. The topological polar surface area (TPSA) is 127 Å². The van der Waals surface area contributed by atoms with Crippen LogP contribution in [0.25, 0.3) is 55.7 Å². The summed E-state index contributed by atoms with van der Waals surface area (Å²) in [5.74, 6) is 0.111. The van der Waals surface area contributed by atoms with Crippen LogP contribution >= 0.6 is 0 Å². The van der Waals surface area contributed by atoms with Gasteiger partial charge < -0.3 is 25.8 Å². The summed E-state index contributed by atoms with van der Waals surface area (Å²) in [5, 5.41) is 18.4. The third-order valence-corrected chi connectivity index (χ3v) is 8.67. The second kappa shape index (κ2) is 13.3. The van der Waals surface area contributed by atoms with Crippen molar-refractivity contribution < 1.29 is 9.18 Å². The SMILES string of the molecule is CN(C)CCNc1cc(F)cc(-c2cccc3[nH]c(-c4n[nH]c5ccc(-c6cncc(NC(=O)CC7CCNCC7)c6)nc45)cc23)c1. The van der Waals surface area contributed by atoms with E-state index in [9.17, 15) is 9.18 Å². The number of fused-ring (bicyclic) bond motifs is 2. The molecule has 10 nitrogen and oxygen atoms in total. The van der Waals surface area contributed by atoms with Gasteiger partial charge in [-0.05, 0) is 106 Å². The van der Waals surface area contributed by atoms with Crippen LogP contribution in [0, 0.1) is 11.7 Å². The number of nitrogens with zero attached hydrogens (tertiary/aromatic N) is 4. The molecular formula is C36H38FN9O. The van der Waals surface area contributed by atoms with Gasteiger partial charge in [-0.3, -0.25) is 14.9 Å². The van der Waals surface area contributed by atoms with Crippen LogP contribution in [0.2, 0.25) is 0 Å². The normalized spacial score (nSPS) is 13.9. The molecule has 0 atom stereocenters. The molecular weight excluding hydrogens is 593 g/mol. The third-order valence-electron chi connectivity index (χ3n) is 8.67. The number of aromatic amines is 2. The number of nitrogens with one attached hydrogen (secondary N) is 5. The van der Waals surface area contributed by atoms with E-state index in [0.717, 1.165) is 77.0 Å². The highest BCUT2D eigenvalue weighted by Crippen LogP contribution is 2.35. The smallest absolute Gasteiger partial charge is 0.224 e. The van der Waals surface area contributed by atoms with Gasteiger partial charge in [-0.25, -0.2) is 9.37 Å². The molecule has 5 N–H and O–H groups in total. The lowest BCUT2D eigenvalue weighted by molar-refractivity contribution is -0.117. The molecule has 0 unspecified atom stereocenters. The summed E-state index contributed by atoms with van der Waals surface area (Å²) in [6.07, 6.45) is 5.94. The fourth-order valence-corrected chi connectivity index (χ4v) is 6.26. The van der Waals surface area contributed by atoms with Crippen LogP contribution in [-0.4, -0.2) is 76.2 Å². The molecule has 1 saturated heterocycles. The summed E-state index contributed by atoms with van der Waals surface area (Å²) in [5.41, 5.74) is 8.47. The number of rotatable bonds is 10. The maximum Gasteiger partial charge on any atom is 0.224 e. The second-order valence-electron chi connectivity index (χ2n) is 12.5. The number of aromatic nitrogens is 5. The molecule has 7 rings (SSSR count). The molecule has 2 aromatic carbocycles. The van der Waals surface area contributed by atoms with E-state index in [4.69, 9.17) is 4.98 Å². The summed E-state index contributed by atoms with van der Waals surface area (Å²) < 4.78 is 14.8. The molecule has 11 heteroatoms. The van der Waals surface area contributed by atoms with E-state index in [0.29, 0.717) is 41.5 Å². The lowest BCUT2D eigenvalue weighted by atomic mass is 9.94. The molecule has 0 saturated carbocycles. The monoisotopic (exact) mass is 631 g/mol. The molecule has 240 valence electrons. The van der Waals surface area contributed by atoms with Crippen LogP contribution in [0.5, 0.6) is 0 Å². The predicted molar refractivity (Wildman–Crippen MR) is 186 cm³/mol. The number of hydrogen-bond donors (Lipinski definition) is 5. The number of anilines is 2. The van der Waals surface area contributed by atoms with Crippen LogP contribution in [0.4, 0.5) is 15.8 Å². The van der Waals surface area contributed by atoms with E-state index in [2.05, 4.69) is 41.0 Å². The average molecular weight is 632 g/mol. The van der Waals surface area contributed by atoms with Crippen molar-refractivity contribution in [1.82, 2.24) is 35.4 Å². The largest absolute Gasteiger partial charge is 0.384 e. The number of benzene rings is 2. The Kier molecular flexibility index (Phi) is 8.64. The van der Waals surface area contributed by atoms with Gasteiger partial charge in [0.25, 0.3) is 0 Å². The lowest BCUT2D eigenvalue weighted by Crippen LogP contribution is -2.30. The van der Waals surface area contributed by atoms with Gasteiger partial charge in [-0.15, -0.1) is 0 Å². The van der Waals surface area contributed by atoms with Crippen molar-refractivity contribution in [3.63, 3.8) is 0 Å². The number of piperidine rings is 1. The maximum atomic E-state index is 14.8. The van der Waals surface area contributed by atoms with Crippen molar-refractivity contribution in [3.8, 4) is 33.8 Å². The zero-order valence-electron chi connectivity index (χ0n) is 26.5. The number of amides is 1. The van der Waals surface area contributed by atoms with Crippen LogP contribution < -0.4 is 16.0 Å². The quantitative estimate of drug-likeness (QED) is 0.121. The molecule has 4 aromatic heterocycles. The van der Waals surface area contributed by atoms with E-state index in [1.807, 2.05) is 62.6 Å². The molecule has 1 fully saturated rings. The molecule has 5 heterocycles. The average Bonchev–Trinajstić information content (AvgIpc) is 3.69. The Labute approximate surface area is 272 Å². The molecule has 1 aliphatic rings. The first-order chi connectivity index (χ1) is 22.9. The number of halogens is 1. The van der Waals surface area contributed by atoms with Crippen molar-refractivity contribution in [2.45, 2.75) is 19.3 Å². The van der Waals surface area contributed by atoms with Crippen LogP contribution in [0.15, 0.2) is 73.1 Å². The highest BCUT2D eigenvalue weighted by atomic mass is 19.1. The fourth-order valence-electron chi connectivity index (χ4n) is 6.26. The predicted octanol–water partition coefficient (Wildman–Crippen LogP) is 6.28. The zero-order valence-corrected chi connectivity index (χ0v) is 26.5. The summed E-state index contributed by atoms with van der Waals surface area (Å²) in [4.78, 5) is 27.7. The zero-order chi connectivity index (χ0) is 32.3. The van der Waals surface area contributed by atoms with E-state index in [1.54, 1.807) is 18.5 Å². The first-order valence-electron chi connectivity index (χ1n) is 16.0. The Balaban J connectivity index is 1.16. The van der Waals surface area contributed by atoms with E-state index < -0.39 is 0 Å². The minimum absolute atomic E-state index is 0.00428. The van der Waals surface area contributed by atoms with Crippen molar-refractivity contribution in [2.24, 2.45) is 5.92 Å². The number of carbonyl (C=O) groups is 1. The summed E-state index contributed by atoms with van der Waals surface area (Å²) >= 11 is 0. The van der Waals surface area contributed by atoms with Crippen molar-refractivity contribution in [3.05, 3.63) is 78.9 Å². The minimum Gasteiger partial charge on any atom is -0.384 e. The summed E-state index contributed by atoms with van der Waals surface area (Å²) in [6, 6.07) is 18.8. The molecule has 0 radical (unpaired) electrons. The first-order valence-corrected chi connectivity index (χ1v) is 16.0. The first kappa shape index (κ1) is 30.5. The van der Waals surface area contributed by atoms with Gasteiger partial charge >= 0.3 is 0 Å². The Morgan fingerprint density at radius 1 is 0.979 bits per heavy atom. The summed E-state index contributed by atoms with van der Waals surface area (Å²) in [6.45, 7) is 3.47. The molecule has 0 aliphatic carbocycles. The van der Waals surface area contributed by atoms with Crippen molar-refractivity contribution in [1.29, 1.82) is 0 Å². The van der Waals surface area contributed by atoms with Gasteiger partial charge in [0.2, 0.25) is 5.91 Å². The van der Waals surface area contributed by atoms with Crippen molar-refractivity contribution >= 4 is 39.2 Å². The fraction of sp³-hybridized carbons (Fsp3) is 0.278. The molecule has 1 amide bonds. The number of hydrogen-bond acceptors (Lipinski definition) is 7. The number of carbonyl (C=O) groups excluding carboxylic acids is 1. The van der Waals surface area contributed by atoms with E-state index in [-0.39, 0.29) is 11.7 Å². The second-order valence-corrected chi connectivity index (χ2v) is 12.5. The highest BCUT2D eigenvalue weighted by molar-refractivity contribution is 6.01. The van der Waals surface area contributed by atoms with E-state index >= 15 is 0 Å². The molecule has 47 heavy (non-hydrogen) atoms. The number of pyridine rings is 2. The lowest BCUT2D eigenvalue weighted by Gasteiger charge is -2.21. The van der Waals surface area contributed by atoms with Crippen LogP contribution in [0.1, 0.15) is 19.3 Å². The van der Waals surface area contributed by atoms with Gasteiger partial charge in [0, 0.05) is 47.9 Å². The highest BCUT2D eigenvalue weighted by Gasteiger charge is 2.18. The third kappa shape index (κ3) is 6.86. The van der Waals surface area contributed by atoms with Gasteiger partial charge in [0.1, 0.15) is 17.0 Å². The van der Waals surface area contributed by atoms with Crippen LogP contribution in [0.3, 0.4) is 0 Å². The van der Waals surface area contributed by atoms with Crippen LogP contribution in [-0.2, 0) is 4.79 Å². The molecule has 1 aliphatic heterocycles. The van der Waals surface area contributed by atoms with Gasteiger partial charge in [-0.1, -0.05) is 12.1 Å². The van der Waals surface area contributed by atoms with Gasteiger partial charge in [-0.2, -0.15) is 5.10 Å². The summed E-state index contributed by atoms with van der Waals surface area (Å²) in [7, 11) is 4.02.